The number of hydrogen-bond donors (Lipinski definition) is 1. The summed E-state index contributed by atoms with van der Waals surface area (Å²) in [5, 5.41) is 0. The fourth-order valence-electron chi connectivity index (χ4n) is 0.998. The molecule has 1 aromatic rings. The maximum atomic E-state index is 11.2. The lowest BCUT2D eigenvalue weighted by Gasteiger charge is -1.95. The summed E-state index contributed by atoms with van der Waals surface area (Å²) < 4.78 is 6.50. The summed E-state index contributed by atoms with van der Waals surface area (Å²) in [5.74, 6) is 0.265. The molecular weight excluding hydrogens is 170 g/mol. The van der Waals surface area contributed by atoms with Crippen LogP contribution in [-0.2, 0) is 18.3 Å². The normalized spacial score (nSPS) is 10.1. The number of rotatable bonds is 3. The van der Waals surface area contributed by atoms with Crippen LogP contribution in [0.4, 0.5) is 0 Å². The molecule has 0 atom stereocenters. The van der Waals surface area contributed by atoms with Crippen molar-refractivity contribution in [1.82, 2.24) is 9.55 Å². The highest BCUT2D eigenvalue weighted by atomic mass is 16.5. The molecule has 0 bridgehead atoms. The van der Waals surface area contributed by atoms with Gasteiger partial charge in [0, 0.05) is 13.2 Å². The third-order valence-corrected chi connectivity index (χ3v) is 1.64. The highest BCUT2D eigenvalue weighted by molar-refractivity contribution is 5.87. The van der Waals surface area contributed by atoms with Crippen molar-refractivity contribution in [3.05, 3.63) is 17.7 Å². The van der Waals surface area contributed by atoms with Crippen LogP contribution in [-0.4, -0.2) is 22.1 Å². The summed E-state index contributed by atoms with van der Waals surface area (Å²) in [6, 6.07) is 0. The number of nitrogens with two attached hydrogens (primary N) is 1. The molecule has 1 aromatic heterocycles. The zero-order chi connectivity index (χ0) is 9.84. The standard InChI is InChI=1S/C8H13N3O2/c1-3-13-8(12)6-5-11(2)7(4-9)10-6/h5H,3-4,9H2,1-2H3. The van der Waals surface area contributed by atoms with E-state index in [1.165, 1.54) is 0 Å². The molecule has 2 N–H and O–H groups in total. The number of hydrogen-bond acceptors (Lipinski definition) is 4. The number of carbonyl (C=O) groups excluding carboxylic acids is 1. The highest BCUT2D eigenvalue weighted by Gasteiger charge is 2.12. The van der Waals surface area contributed by atoms with Gasteiger partial charge in [-0.1, -0.05) is 0 Å². The van der Waals surface area contributed by atoms with Gasteiger partial charge in [0.15, 0.2) is 5.69 Å². The minimum absolute atomic E-state index is 0.310. The average molecular weight is 183 g/mol. The van der Waals surface area contributed by atoms with Crippen LogP contribution in [0.15, 0.2) is 6.20 Å². The van der Waals surface area contributed by atoms with Gasteiger partial charge < -0.3 is 15.0 Å². The molecule has 72 valence electrons. The first-order valence-corrected chi connectivity index (χ1v) is 4.08. The molecule has 0 aliphatic heterocycles. The van der Waals surface area contributed by atoms with Crippen LogP contribution < -0.4 is 5.73 Å². The van der Waals surface area contributed by atoms with Gasteiger partial charge in [-0.3, -0.25) is 0 Å². The Morgan fingerprint density at radius 3 is 2.92 bits per heavy atom. The number of ether oxygens (including phenoxy) is 1. The summed E-state index contributed by atoms with van der Waals surface area (Å²) in [6.45, 7) is 2.42. The van der Waals surface area contributed by atoms with Crippen molar-refractivity contribution in [2.75, 3.05) is 6.61 Å². The van der Waals surface area contributed by atoms with Gasteiger partial charge in [0.25, 0.3) is 0 Å². The third-order valence-electron chi connectivity index (χ3n) is 1.64. The number of carbonyl (C=O) groups is 1. The van der Waals surface area contributed by atoms with Gasteiger partial charge in [-0.05, 0) is 6.92 Å². The van der Waals surface area contributed by atoms with Gasteiger partial charge in [-0.15, -0.1) is 0 Å². The Hall–Kier alpha value is -1.36. The van der Waals surface area contributed by atoms with Crippen LogP contribution in [0.2, 0.25) is 0 Å². The third kappa shape index (κ3) is 2.06. The van der Waals surface area contributed by atoms with Crippen LogP contribution in [0.25, 0.3) is 0 Å². The molecule has 0 fully saturated rings. The van der Waals surface area contributed by atoms with Crippen molar-refractivity contribution in [3.8, 4) is 0 Å². The van der Waals surface area contributed by atoms with Crippen LogP contribution in [0.5, 0.6) is 0 Å². The maximum absolute atomic E-state index is 11.2. The van der Waals surface area contributed by atoms with Gasteiger partial charge in [0.2, 0.25) is 0 Å². The largest absolute Gasteiger partial charge is 0.461 e. The first-order valence-electron chi connectivity index (χ1n) is 4.08. The molecular formula is C8H13N3O2. The minimum atomic E-state index is -0.405. The second-order valence-electron chi connectivity index (χ2n) is 2.58. The highest BCUT2D eigenvalue weighted by Crippen LogP contribution is 2.02. The molecule has 13 heavy (non-hydrogen) atoms. The van der Waals surface area contributed by atoms with Gasteiger partial charge in [-0.25, -0.2) is 9.78 Å². The molecule has 5 nitrogen and oxygen atoms in total. The van der Waals surface area contributed by atoms with E-state index in [1.54, 1.807) is 24.7 Å². The number of aromatic nitrogens is 2. The smallest absolute Gasteiger partial charge is 0.358 e. The Balaban J connectivity index is 2.84. The van der Waals surface area contributed by atoms with E-state index in [2.05, 4.69) is 4.98 Å². The molecule has 5 heteroatoms. The van der Waals surface area contributed by atoms with E-state index >= 15 is 0 Å². The topological polar surface area (TPSA) is 70.1 Å². The number of esters is 1. The SMILES string of the molecule is CCOC(=O)c1cn(C)c(CN)n1. The van der Waals surface area contributed by atoms with Crippen LogP contribution >= 0.6 is 0 Å². The monoisotopic (exact) mass is 183 g/mol. The maximum Gasteiger partial charge on any atom is 0.358 e. The minimum Gasteiger partial charge on any atom is -0.461 e. The van der Waals surface area contributed by atoms with Crippen molar-refractivity contribution in [3.63, 3.8) is 0 Å². The lowest BCUT2D eigenvalue weighted by atomic mass is 10.5. The fraction of sp³-hybridized carbons (Fsp3) is 0.500. The molecule has 0 saturated carbocycles. The predicted octanol–water partition coefficient (Wildman–Crippen LogP) is 0.0555. The van der Waals surface area contributed by atoms with Crippen LogP contribution in [0.3, 0.4) is 0 Å². The lowest BCUT2D eigenvalue weighted by Crippen LogP contribution is -2.06. The molecule has 0 aromatic carbocycles. The molecule has 1 heterocycles. The number of imidazole rings is 1. The zero-order valence-electron chi connectivity index (χ0n) is 7.78. The van der Waals surface area contributed by atoms with Crippen molar-refractivity contribution < 1.29 is 9.53 Å². The molecule has 0 aliphatic carbocycles. The van der Waals surface area contributed by atoms with E-state index in [-0.39, 0.29) is 0 Å². The molecule has 0 aliphatic rings. The summed E-state index contributed by atoms with van der Waals surface area (Å²) in [4.78, 5) is 15.2. The number of aryl methyl sites for hydroxylation is 1. The van der Waals surface area contributed by atoms with Crippen molar-refractivity contribution in [2.45, 2.75) is 13.5 Å². The predicted molar refractivity (Wildman–Crippen MR) is 47.1 cm³/mol. The fourth-order valence-corrected chi connectivity index (χ4v) is 0.998. The van der Waals surface area contributed by atoms with Gasteiger partial charge in [0.05, 0.1) is 13.2 Å². The lowest BCUT2D eigenvalue weighted by molar-refractivity contribution is 0.0520. The van der Waals surface area contributed by atoms with Crippen LogP contribution in [0, 0.1) is 0 Å². The summed E-state index contributed by atoms with van der Waals surface area (Å²) >= 11 is 0. The Morgan fingerprint density at radius 2 is 2.46 bits per heavy atom. The second kappa shape index (κ2) is 4.04. The van der Waals surface area contributed by atoms with E-state index < -0.39 is 5.97 Å². The summed E-state index contributed by atoms with van der Waals surface area (Å²) in [6.07, 6.45) is 1.61. The molecule has 0 saturated heterocycles. The zero-order valence-corrected chi connectivity index (χ0v) is 7.78. The Bertz CT molecular complexity index is 306. The summed E-state index contributed by atoms with van der Waals surface area (Å²) in [5.41, 5.74) is 5.71. The van der Waals surface area contributed by atoms with Crippen molar-refractivity contribution in [2.24, 2.45) is 12.8 Å². The summed E-state index contributed by atoms with van der Waals surface area (Å²) in [7, 11) is 1.79. The van der Waals surface area contributed by atoms with Crippen molar-refractivity contribution >= 4 is 5.97 Å². The van der Waals surface area contributed by atoms with Gasteiger partial charge in [-0.2, -0.15) is 0 Å². The van der Waals surface area contributed by atoms with Gasteiger partial charge >= 0.3 is 5.97 Å². The number of nitrogens with zero attached hydrogens (tertiary/aromatic N) is 2. The Labute approximate surface area is 76.5 Å². The van der Waals surface area contributed by atoms with E-state index in [0.29, 0.717) is 24.7 Å². The van der Waals surface area contributed by atoms with Crippen LogP contribution in [0.1, 0.15) is 23.2 Å². The van der Waals surface area contributed by atoms with E-state index in [0.717, 1.165) is 0 Å². The second-order valence-corrected chi connectivity index (χ2v) is 2.58. The molecule has 0 spiro atoms. The first-order chi connectivity index (χ1) is 6.19. The van der Waals surface area contributed by atoms with E-state index in [4.69, 9.17) is 10.5 Å². The van der Waals surface area contributed by atoms with E-state index in [1.807, 2.05) is 0 Å². The average Bonchev–Trinajstić information content (AvgIpc) is 2.47. The first kappa shape index (κ1) is 9.73. The Morgan fingerprint density at radius 1 is 1.77 bits per heavy atom. The van der Waals surface area contributed by atoms with E-state index in [9.17, 15) is 4.79 Å². The molecule has 0 amide bonds. The molecule has 0 radical (unpaired) electrons. The molecule has 0 unspecified atom stereocenters. The quantitative estimate of drug-likeness (QED) is 0.672. The Kier molecular flexibility index (Phi) is 3.02. The van der Waals surface area contributed by atoms with Gasteiger partial charge in [0.1, 0.15) is 5.82 Å². The van der Waals surface area contributed by atoms with Crippen molar-refractivity contribution in [1.29, 1.82) is 0 Å². The molecule has 1 rings (SSSR count).